The van der Waals surface area contributed by atoms with Gasteiger partial charge in [0.15, 0.2) is 0 Å². The number of hydrogen-bond donors (Lipinski definition) is 2. The van der Waals surface area contributed by atoms with E-state index in [0.717, 1.165) is 0 Å². The summed E-state index contributed by atoms with van der Waals surface area (Å²) in [6, 6.07) is 8.71. The molecule has 0 aromatic heterocycles. The third-order valence-corrected chi connectivity index (χ3v) is 1.44. The van der Waals surface area contributed by atoms with Crippen LogP contribution in [-0.4, -0.2) is 31.3 Å². The van der Waals surface area contributed by atoms with E-state index in [1.165, 1.54) is 6.92 Å². The maximum atomic E-state index is 10.2. The number of phenols is 1. The van der Waals surface area contributed by atoms with E-state index in [-0.39, 0.29) is 13.3 Å². The van der Waals surface area contributed by atoms with Gasteiger partial charge in [0.1, 0.15) is 5.75 Å². The lowest BCUT2D eigenvalue weighted by Crippen LogP contribution is -2.23. The molecule has 4 nitrogen and oxygen atoms in total. The zero-order chi connectivity index (χ0) is 11.5. The fourth-order valence-corrected chi connectivity index (χ4v) is 0.757. The highest BCUT2D eigenvalue weighted by Crippen LogP contribution is 2.02. The van der Waals surface area contributed by atoms with Gasteiger partial charge in [0.25, 0.3) is 0 Å². The van der Waals surface area contributed by atoms with Gasteiger partial charge < -0.3 is 15.2 Å². The van der Waals surface area contributed by atoms with Crippen LogP contribution in [0.5, 0.6) is 5.75 Å². The van der Waals surface area contributed by atoms with Gasteiger partial charge in [0.05, 0.1) is 6.61 Å². The highest BCUT2D eigenvalue weighted by Gasteiger charge is 1.85. The van der Waals surface area contributed by atoms with Crippen LogP contribution in [0.2, 0.25) is 0 Å². The molecule has 92 valence electrons. The number of hydrogen-bond acceptors (Lipinski definition) is 3. The van der Waals surface area contributed by atoms with Crippen LogP contribution in [0.25, 0.3) is 0 Å². The summed E-state index contributed by atoms with van der Waals surface area (Å²) in [5.74, 6) is 0.310. The summed E-state index contributed by atoms with van der Waals surface area (Å²) >= 11 is 0. The molecule has 1 amide bonds. The number of carbonyl (C=O) groups is 1. The zero-order valence-corrected chi connectivity index (χ0v) is 9.06. The van der Waals surface area contributed by atoms with Crippen LogP contribution in [0, 0.1) is 0 Å². The first-order valence-electron chi connectivity index (χ1n) is 4.64. The molecule has 0 atom stereocenters. The largest absolute Gasteiger partial charge is 0.508 e. The van der Waals surface area contributed by atoms with E-state index in [1.54, 1.807) is 31.4 Å². The van der Waals surface area contributed by atoms with Crippen molar-refractivity contribution >= 4 is 5.91 Å². The summed E-state index contributed by atoms with van der Waals surface area (Å²) < 4.78 is 4.68. The van der Waals surface area contributed by atoms with Gasteiger partial charge in [-0.15, -0.1) is 0 Å². The van der Waals surface area contributed by atoms with Crippen LogP contribution in [0.1, 0.15) is 14.4 Å². The van der Waals surface area contributed by atoms with Crippen LogP contribution < -0.4 is 5.32 Å². The van der Waals surface area contributed by atoms with E-state index in [9.17, 15) is 4.79 Å². The van der Waals surface area contributed by atoms with Crippen LogP contribution in [0.15, 0.2) is 30.3 Å². The van der Waals surface area contributed by atoms with Gasteiger partial charge in [-0.1, -0.05) is 25.6 Å². The number of methoxy groups -OCH3 is 1. The second-order valence-corrected chi connectivity index (χ2v) is 2.81. The smallest absolute Gasteiger partial charge is 0.216 e. The third kappa shape index (κ3) is 12.4. The number of ether oxygens (including phenoxy) is 1. The minimum Gasteiger partial charge on any atom is -0.508 e. The first-order chi connectivity index (χ1) is 7.16. The van der Waals surface area contributed by atoms with E-state index in [2.05, 4.69) is 10.1 Å². The van der Waals surface area contributed by atoms with Crippen LogP contribution in [0.3, 0.4) is 0 Å². The predicted molar refractivity (Wildman–Crippen MR) is 65.4 cm³/mol. The minimum absolute atomic E-state index is 0. The highest BCUT2D eigenvalue weighted by molar-refractivity contribution is 5.72. The summed E-state index contributed by atoms with van der Waals surface area (Å²) in [5, 5.41) is 11.2. The van der Waals surface area contributed by atoms with Crippen molar-refractivity contribution in [2.24, 2.45) is 0 Å². The Morgan fingerprint density at radius 3 is 2.25 bits per heavy atom. The Labute approximate surface area is 97.3 Å². The molecular weight excluding hydrogens is 206 g/mol. The van der Waals surface area contributed by atoms with Crippen LogP contribution in [-0.2, 0) is 9.53 Å². The van der Waals surface area contributed by atoms with E-state index in [4.69, 9.17) is 5.11 Å². The molecule has 0 saturated carbocycles. The average molecular weight is 227 g/mol. The number of carbonyl (C=O) groups excluding carboxylic acids is 1. The van der Waals surface area contributed by atoms with E-state index >= 15 is 0 Å². The molecular formula is C12H21NO3. The maximum Gasteiger partial charge on any atom is 0.216 e. The Morgan fingerprint density at radius 1 is 1.38 bits per heavy atom. The van der Waals surface area contributed by atoms with E-state index in [0.29, 0.717) is 18.9 Å². The fraction of sp³-hybridized carbons (Fsp3) is 0.417. The summed E-state index contributed by atoms with van der Waals surface area (Å²) in [7, 11) is 1.60. The van der Waals surface area contributed by atoms with Crippen molar-refractivity contribution in [2.75, 3.05) is 20.3 Å². The molecule has 1 aromatic carbocycles. The lowest BCUT2D eigenvalue weighted by Gasteiger charge is -1.97. The molecule has 0 unspecified atom stereocenters. The Hall–Kier alpha value is -1.55. The van der Waals surface area contributed by atoms with Crippen molar-refractivity contribution in [1.29, 1.82) is 0 Å². The van der Waals surface area contributed by atoms with Crippen molar-refractivity contribution in [3.63, 3.8) is 0 Å². The van der Waals surface area contributed by atoms with E-state index < -0.39 is 0 Å². The molecule has 1 aromatic rings. The molecule has 4 heteroatoms. The molecule has 0 saturated heterocycles. The number of nitrogens with one attached hydrogen (secondary N) is 1. The van der Waals surface area contributed by atoms with Crippen molar-refractivity contribution in [3.05, 3.63) is 30.3 Å². The molecule has 0 aliphatic rings. The summed E-state index contributed by atoms with van der Waals surface area (Å²) in [6.45, 7) is 2.67. The second kappa shape index (κ2) is 11.5. The quantitative estimate of drug-likeness (QED) is 0.774. The molecule has 0 aliphatic carbocycles. The van der Waals surface area contributed by atoms with Crippen LogP contribution >= 0.6 is 0 Å². The van der Waals surface area contributed by atoms with Crippen molar-refractivity contribution in [2.45, 2.75) is 14.4 Å². The van der Waals surface area contributed by atoms with E-state index in [1.807, 2.05) is 6.07 Å². The molecule has 16 heavy (non-hydrogen) atoms. The highest BCUT2D eigenvalue weighted by atomic mass is 16.5. The number of phenolic OH excluding ortho intramolecular Hbond substituents is 1. The average Bonchev–Trinajstić information content (AvgIpc) is 2.20. The fourth-order valence-electron chi connectivity index (χ4n) is 0.757. The SMILES string of the molecule is C.COCCNC(C)=O.Oc1ccccc1. The number of rotatable bonds is 3. The van der Waals surface area contributed by atoms with Gasteiger partial charge >= 0.3 is 0 Å². The monoisotopic (exact) mass is 227 g/mol. The second-order valence-electron chi connectivity index (χ2n) is 2.81. The van der Waals surface area contributed by atoms with Gasteiger partial charge in [-0.3, -0.25) is 4.79 Å². The Morgan fingerprint density at radius 2 is 1.94 bits per heavy atom. The molecule has 0 fully saturated rings. The molecule has 0 heterocycles. The first-order valence-corrected chi connectivity index (χ1v) is 4.64. The Kier molecular flexibility index (Phi) is 12.1. The molecule has 0 aliphatic heterocycles. The molecule has 0 radical (unpaired) electrons. The summed E-state index contributed by atoms with van der Waals surface area (Å²) in [5.41, 5.74) is 0. The minimum atomic E-state index is -0.0120. The lowest BCUT2D eigenvalue weighted by atomic mass is 10.3. The normalized spacial score (nSPS) is 8.12. The van der Waals surface area contributed by atoms with Gasteiger partial charge in [-0.05, 0) is 12.1 Å². The van der Waals surface area contributed by atoms with Crippen molar-refractivity contribution in [3.8, 4) is 5.75 Å². The summed E-state index contributed by atoms with van der Waals surface area (Å²) in [6.07, 6.45) is 0. The summed E-state index contributed by atoms with van der Waals surface area (Å²) in [4.78, 5) is 10.2. The van der Waals surface area contributed by atoms with Gasteiger partial charge in [-0.2, -0.15) is 0 Å². The van der Waals surface area contributed by atoms with Gasteiger partial charge in [0.2, 0.25) is 5.91 Å². The predicted octanol–water partition coefficient (Wildman–Crippen LogP) is 1.80. The molecule has 0 spiro atoms. The molecule has 0 bridgehead atoms. The zero-order valence-electron chi connectivity index (χ0n) is 9.06. The third-order valence-electron chi connectivity index (χ3n) is 1.44. The van der Waals surface area contributed by atoms with Crippen molar-refractivity contribution < 1.29 is 14.6 Å². The maximum absolute atomic E-state index is 10.2. The number of aromatic hydroxyl groups is 1. The van der Waals surface area contributed by atoms with Gasteiger partial charge in [0, 0.05) is 20.6 Å². The molecule has 1 rings (SSSR count). The van der Waals surface area contributed by atoms with Gasteiger partial charge in [-0.25, -0.2) is 0 Å². The first kappa shape index (κ1) is 16.9. The lowest BCUT2D eigenvalue weighted by molar-refractivity contribution is -0.119. The Bertz CT molecular complexity index is 262. The number of amides is 1. The Balaban J connectivity index is 0. The van der Waals surface area contributed by atoms with Crippen LogP contribution in [0.4, 0.5) is 0 Å². The van der Waals surface area contributed by atoms with Crippen molar-refractivity contribution in [1.82, 2.24) is 5.32 Å². The standard InChI is InChI=1S/C6H6O.C5H11NO2.CH4/c7-6-4-2-1-3-5-6;1-5(7)6-3-4-8-2;/h1-5,7H;3-4H2,1-2H3,(H,6,7);1H4. The topological polar surface area (TPSA) is 58.6 Å². The number of benzene rings is 1. The molecule has 2 N–H and O–H groups in total. The number of para-hydroxylation sites is 1.